The Hall–Kier alpha value is -2.99. The second kappa shape index (κ2) is 11.0. The summed E-state index contributed by atoms with van der Waals surface area (Å²) in [7, 11) is 0. The molecule has 1 saturated carbocycles. The van der Waals surface area contributed by atoms with Crippen LogP contribution in [0.3, 0.4) is 0 Å². The maximum absolute atomic E-state index is 12.9. The van der Waals surface area contributed by atoms with Gasteiger partial charge in [-0.15, -0.1) is 0 Å². The molecule has 1 atom stereocenters. The minimum absolute atomic E-state index is 0.0128. The summed E-state index contributed by atoms with van der Waals surface area (Å²) >= 11 is 0. The molecule has 168 valence electrons. The number of amidine groups is 1. The van der Waals surface area contributed by atoms with Crippen molar-refractivity contribution < 1.29 is 9.90 Å². The van der Waals surface area contributed by atoms with E-state index in [0.29, 0.717) is 18.2 Å². The van der Waals surface area contributed by atoms with Gasteiger partial charge in [0.05, 0.1) is 18.9 Å². The first-order chi connectivity index (χ1) is 15.7. The summed E-state index contributed by atoms with van der Waals surface area (Å²) in [6.45, 7) is 0.180. The van der Waals surface area contributed by atoms with E-state index in [1.54, 1.807) is 0 Å². The normalized spacial score (nSPS) is 20.1. The summed E-state index contributed by atoms with van der Waals surface area (Å²) in [5.41, 5.74) is 3.62. The first kappa shape index (κ1) is 22.2. The van der Waals surface area contributed by atoms with Crippen molar-refractivity contribution in [3.05, 3.63) is 65.7 Å². The van der Waals surface area contributed by atoms with E-state index < -0.39 is 6.17 Å². The highest BCUT2D eigenvalue weighted by molar-refractivity contribution is 6.20. The van der Waals surface area contributed by atoms with Gasteiger partial charge in [0, 0.05) is 23.2 Å². The Morgan fingerprint density at radius 2 is 1.81 bits per heavy atom. The fraction of sp³-hybridized carbons (Fsp3) is 0.423. The van der Waals surface area contributed by atoms with E-state index in [4.69, 9.17) is 4.99 Å². The van der Waals surface area contributed by atoms with E-state index in [9.17, 15) is 9.90 Å². The lowest BCUT2D eigenvalue weighted by Gasteiger charge is -2.22. The molecular formula is C26H32N4O2. The Labute approximate surface area is 189 Å². The molecule has 1 unspecified atom stereocenters. The molecule has 32 heavy (non-hydrogen) atoms. The van der Waals surface area contributed by atoms with E-state index in [1.807, 2.05) is 54.6 Å². The standard InChI is InChI=1S/C26H32N4O2/c31-18-17-27-25-26(29-23(32)16-15-19-9-3-1-4-10-19)30-24(20-11-5-2-6-12-20)21-13-7-8-14-22(21)28-25/h2,5-8,11-14,19,26,31H,1,3-4,9-10,15-18H2,(H,27,28)(H,29,32). The van der Waals surface area contributed by atoms with Crippen LogP contribution in [0.4, 0.5) is 5.69 Å². The quantitative estimate of drug-likeness (QED) is 0.615. The lowest BCUT2D eigenvalue weighted by molar-refractivity contribution is -0.121. The molecule has 4 rings (SSSR count). The molecule has 1 fully saturated rings. The van der Waals surface area contributed by atoms with Crippen molar-refractivity contribution in [1.29, 1.82) is 0 Å². The molecule has 0 spiro atoms. The molecule has 1 aliphatic carbocycles. The molecule has 3 N–H and O–H groups in total. The number of rotatable bonds is 7. The lowest BCUT2D eigenvalue weighted by atomic mass is 9.86. The second-order valence-electron chi connectivity index (χ2n) is 8.52. The predicted octanol–water partition coefficient (Wildman–Crippen LogP) is 4.14. The van der Waals surface area contributed by atoms with Crippen LogP contribution in [0, 0.1) is 5.92 Å². The number of aliphatic imine (C=N–C) groups is 2. The van der Waals surface area contributed by atoms with Crippen LogP contribution in [0.25, 0.3) is 0 Å². The van der Waals surface area contributed by atoms with Crippen molar-refractivity contribution in [2.75, 3.05) is 18.5 Å². The molecule has 6 nitrogen and oxygen atoms in total. The fourth-order valence-corrected chi connectivity index (χ4v) is 4.52. The van der Waals surface area contributed by atoms with Crippen LogP contribution in [0.2, 0.25) is 0 Å². The zero-order chi connectivity index (χ0) is 22.2. The number of amides is 1. The number of nitrogens with zero attached hydrogens (tertiary/aromatic N) is 2. The average molecular weight is 433 g/mol. The smallest absolute Gasteiger partial charge is 0.221 e. The molecule has 0 saturated heterocycles. The van der Waals surface area contributed by atoms with Gasteiger partial charge in [-0.1, -0.05) is 80.6 Å². The SMILES string of the molecule is O=C(CCC1CCCCC1)NC1N=C(c2ccccc2)c2ccccc2NC1=NCCO. The second-order valence-corrected chi connectivity index (χ2v) is 8.52. The number of hydrogen-bond acceptors (Lipinski definition) is 4. The van der Waals surface area contributed by atoms with Crippen molar-refractivity contribution in [2.24, 2.45) is 15.9 Å². The molecule has 6 heteroatoms. The Kier molecular flexibility index (Phi) is 7.67. The highest BCUT2D eigenvalue weighted by Gasteiger charge is 2.26. The zero-order valence-electron chi connectivity index (χ0n) is 18.5. The molecule has 1 heterocycles. The molecule has 0 radical (unpaired) electrons. The van der Waals surface area contributed by atoms with Gasteiger partial charge in [-0.25, -0.2) is 0 Å². The number of nitrogens with one attached hydrogen (secondary N) is 2. The minimum atomic E-state index is -0.636. The summed E-state index contributed by atoms with van der Waals surface area (Å²) in [5.74, 6) is 1.18. The number of fused-ring (bicyclic) bond motifs is 1. The number of carbonyl (C=O) groups is 1. The minimum Gasteiger partial charge on any atom is -0.394 e. The van der Waals surface area contributed by atoms with Crippen LogP contribution in [-0.4, -0.2) is 41.9 Å². The summed E-state index contributed by atoms with van der Waals surface area (Å²) in [5, 5.41) is 15.8. The topological polar surface area (TPSA) is 86.1 Å². The maximum Gasteiger partial charge on any atom is 0.221 e. The third kappa shape index (κ3) is 5.62. The van der Waals surface area contributed by atoms with E-state index in [2.05, 4.69) is 15.6 Å². The van der Waals surface area contributed by atoms with Gasteiger partial charge < -0.3 is 15.7 Å². The Balaban J connectivity index is 1.60. The number of hydrogen-bond donors (Lipinski definition) is 3. The average Bonchev–Trinajstić information content (AvgIpc) is 2.99. The highest BCUT2D eigenvalue weighted by Crippen LogP contribution is 2.27. The number of carbonyl (C=O) groups excluding carboxylic acids is 1. The molecule has 1 aliphatic heterocycles. The Bertz CT molecular complexity index is 965. The van der Waals surface area contributed by atoms with Crippen molar-refractivity contribution in [1.82, 2.24) is 5.32 Å². The summed E-state index contributed by atoms with van der Waals surface area (Å²) in [6.07, 6.45) is 7.11. The number of para-hydroxylation sites is 1. The van der Waals surface area contributed by atoms with Gasteiger partial charge >= 0.3 is 0 Å². The van der Waals surface area contributed by atoms with Gasteiger partial charge in [0.15, 0.2) is 6.17 Å². The monoisotopic (exact) mass is 432 g/mol. The van der Waals surface area contributed by atoms with Gasteiger partial charge in [0.2, 0.25) is 5.91 Å². The van der Waals surface area contributed by atoms with Crippen LogP contribution < -0.4 is 10.6 Å². The number of benzene rings is 2. The van der Waals surface area contributed by atoms with Gasteiger partial charge in [-0.3, -0.25) is 14.8 Å². The Morgan fingerprint density at radius 1 is 1.06 bits per heavy atom. The first-order valence-electron chi connectivity index (χ1n) is 11.7. The third-order valence-electron chi connectivity index (χ3n) is 6.19. The summed E-state index contributed by atoms with van der Waals surface area (Å²) < 4.78 is 0. The molecule has 2 aromatic rings. The van der Waals surface area contributed by atoms with E-state index >= 15 is 0 Å². The van der Waals surface area contributed by atoms with E-state index in [-0.39, 0.29) is 19.1 Å². The van der Waals surface area contributed by atoms with Crippen LogP contribution in [0.1, 0.15) is 56.1 Å². The molecular weight excluding hydrogens is 400 g/mol. The third-order valence-corrected chi connectivity index (χ3v) is 6.19. The lowest BCUT2D eigenvalue weighted by Crippen LogP contribution is -2.42. The number of anilines is 1. The van der Waals surface area contributed by atoms with Crippen LogP contribution in [0.5, 0.6) is 0 Å². The van der Waals surface area contributed by atoms with Crippen molar-refractivity contribution in [2.45, 2.75) is 51.1 Å². The summed E-state index contributed by atoms with van der Waals surface area (Å²) in [4.78, 5) is 22.4. The van der Waals surface area contributed by atoms with Gasteiger partial charge in [0.1, 0.15) is 5.84 Å². The van der Waals surface area contributed by atoms with Gasteiger partial charge in [-0.2, -0.15) is 0 Å². The van der Waals surface area contributed by atoms with Gasteiger partial charge in [-0.05, 0) is 18.4 Å². The largest absolute Gasteiger partial charge is 0.394 e. The van der Waals surface area contributed by atoms with Crippen molar-refractivity contribution >= 4 is 23.1 Å². The predicted molar refractivity (Wildman–Crippen MR) is 129 cm³/mol. The maximum atomic E-state index is 12.9. The van der Waals surface area contributed by atoms with Gasteiger partial charge in [0.25, 0.3) is 0 Å². The highest BCUT2D eigenvalue weighted by atomic mass is 16.3. The number of benzodiazepines with no additional fused rings is 1. The van der Waals surface area contributed by atoms with E-state index in [0.717, 1.165) is 28.9 Å². The number of aliphatic hydroxyl groups excluding tert-OH is 1. The van der Waals surface area contributed by atoms with E-state index in [1.165, 1.54) is 32.1 Å². The molecule has 2 aliphatic rings. The molecule has 1 amide bonds. The Morgan fingerprint density at radius 3 is 2.59 bits per heavy atom. The van der Waals surface area contributed by atoms with Crippen molar-refractivity contribution in [3.63, 3.8) is 0 Å². The summed E-state index contributed by atoms with van der Waals surface area (Å²) in [6, 6.07) is 17.9. The van der Waals surface area contributed by atoms with Crippen LogP contribution in [0.15, 0.2) is 64.6 Å². The van der Waals surface area contributed by atoms with Crippen LogP contribution >= 0.6 is 0 Å². The number of aliphatic hydroxyl groups is 1. The zero-order valence-corrected chi connectivity index (χ0v) is 18.5. The molecule has 0 bridgehead atoms. The molecule has 0 aromatic heterocycles. The van der Waals surface area contributed by atoms with Crippen molar-refractivity contribution in [3.8, 4) is 0 Å². The first-order valence-corrected chi connectivity index (χ1v) is 11.7. The fourth-order valence-electron chi connectivity index (χ4n) is 4.52. The molecule has 2 aromatic carbocycles. The van der Waals surface area contributed by atoms with Crippen LogP contribution in [-0.2, 0) is 4.79 Å².